The Hall–Kier alpha value is -0.120. The zero-order valence-electron chi connectivity index (χ0n) is 20.8. The summed E-state index contributed by atoms with van der Waals surface area (Å²) in [5.74, 6) is 1.02. The van der Waals surface area contributed by atoms with E-state index in [-0.39, 0.29) is 24.0 Å². The van der Waals surface area contributed by atoms with Crippen LogP contribution in [0.2, 0.25) is 0 Å². The van der Waals surface area contributed by atoms with Gasteiger partial charge in [0.05, 0.1) is 0 Å². The predicted molar refractivity (Wildman–Crippen MR) is 146 cm³/mol. The first-order valence-corrected chi connectivity index (χ1v) is 13.3. The number of piperidine rings is 3. The Morgan fingerprint density at radius 2 is 1.56 bits per heavy atom. The SMILES string of the molecule is CN=C(NCC1(N2CCCCC2)CCN(C)CC1)NC1CCCN(C2CCCCC2)C1.I. The van der Waals surface area contributed by atoms with Crippen molar-refractivity contribution in [3.05, 3.63) is 0 Å². The van der Waals surface area contributed by atoms with E-state index in [1.165, 1.54) is 116 Å². The van der Waals surface area contributed by atoms with Gasteiger partial charge in [0.15, 0.2) is 5.96 Å². The van der Waals surface area contributed by atoms with E-state index in [9.17, 15) is 0 Å². The van der Waals surface area contributed by atoms with Crippen LogP contribution in [0.1, 0.15) is 77.0 Å². The number of hydrogen-bond acceptors (Lipinski definition) is 4. The molecule has 1 aliphatic carbocycles. The van der Waals surface area contributed by atoms with Gasteiger partial charge in [0.2, 0.25) is 0 Å². The molecule has 32 heavy (non-hydrogen) atoms. The van der Waals surface area contributed by atoms with Crippen LogP contribution in [0.4, 0.5) is 0 Å². The van der Waals surface area contributed by atoms with Crippen LogP contribution in [0, 0.1) is 0 Å². The second-order valence-corrected chi connectivity index (χ2v) is 10.8. The summed E-state index contributed by atoms with van der Waals surface area (Å²) in [4.78, 5) is 12.7. The van der Waals surface area contributed by atoms with Gasteiger partial charge in [-0.1, -0.05) is 25.7 Å². The van der Waals surface area contributed by atoms with Gasteiger partial charge in [0.1, 0.15) is 0 Å². The number of guanidine groups is 1. The van der Waals surface area contributed by atoms with Crippen LogP contribution in [0.25, 0.3) is 0 Å². The first kappa shape index (κ1) is 26.5. The van der Waals surface area contributed by atoms with Crippen molar-refractivity contribution in [2.75, 3.05) is 59.9 Å². The van der Waals surface area contributed by atoms with Gasteiger partial charge < -0.3 is 15.5 Å². The van der Waals surface area contributed by atoms with Crippen molar-refractivity contribution in [3.8, 4) is 0 Å². The van der Waals surface area contributed by atoms with Crippen molar-refractivity contribution in [3.63, 3.8) is 0 Å². The summed E-state index contributed by atoms with van der Waals surface area (Å²) in [5, 5.41) is 7.61. The maximum absolute atomic E-state index is 4.64. The van der Waals surface area contributed by atoms with Gasteiger partial charge in [-0.3, -0.25) is 14.8 Å². The standard InChI is InChI=1S/C25H48N6.HI/c1-26-24(28-22-10-9-15-30(20-22)23-11-5-3-6-12-23)27-21-25(13-18-29(2)19-14-25)31-16-7-4-8-17-31;/h22-23H,3-21H2,1-2H3,(H2,26,27,28);1H. The van der Waals surface area contributed by atoms with Crippen molar-refractivity contribution in [1.82, 2.24) is 25.3 Å². The van der Waals surface area contributed by atoms with Gasteiger partial charge >= 0.3 is 0 Å². The Kier molecular flexibility index (Phi) is 10.8. The number of aliphatic imine (C=N–C) groups is 1. The molecular weight excluding hydrogens is 511 g/mol. The monoisotopic (exact) mass is 560 g/mol. The zero-order chi connectivity index (χ0) is 21.5. The van der Waals surface area contributed by atoms with Crippen LogP contribution in [0.3, 0.4) is 0 Å². The molecule has 0 aromatic carbocycles. The van der Waals surface area contributed by atoms with Crippen molar-refractivity contribution in [1.29, 1.82) is 0 Å². The molecule has 3 saturated heterocycles. The largest absolute Gasteiger partial charge is 0.355 e. The Labute approximate surface area is 214 Å². The molecular formula is C25H49IN6. The van der Waals surface area contributed by atoms with Crippen molar-refractivity contribution in [2.45, 2.75) is 94.7 Å². The van der Waals surface area contributed by atoms with E-state index < -0.39 is 0 Å². The summed E-state index contributed by atoms with van der Waals surface area (Å²) in [5.41, 5.74) is 0.297. The topological polar surface area (TPSA) is 46.1 Å². The van der Waals surface area contributed by atoms with Crippen LogP contribution in [0.15, 0.2) is 4.99 Å². The molecule has 1 saturated carbocycles. The summed E-state index contributed by atoms with van der Waals surface area (Å²) in [7, 11) is 4.22. The lowest BCUT2D eigenvalue weighted by molar-refractivity contribution is 0.0172. The Bertz CT molecular complexity index is 565. The second-order valence-electron chi connectivity index (χ2n) is 10.8. The predicted octanol–water partition coefficient (Wildman–Crippen LogP) is 3.52. The molecule has 4 fully saturated rings. The molecule has 0 bridgehead atoms. The lowest BCUT2D eigenvalue weighted by atomic mass is 9.84. The van der Waals surface area contributed by atoms with E-state index in [4.69, 9.17) is 0 Å². The molecule has 0 amide bonds. The number of likely N-dealkylation sites (tertiary alicyclic amines) is 3. The zero-order valence-corrected chi connectivity index (χ0v) is 23.1. The fraction of sp³-hybridized carbons (Fsp3) is 0.960. The molecule has 0 spiro atoms. The van der Waals surface area contributed by atoms with E-state index in [2.05, 4.69) is 37.4 Å². The van der Waals surface area contributed by atoms with Crippen LogP contribution < -0.4 is 10.6 Å². The summed E-state index contributed by atoms with van der Waals surface area (Å²) in [6, 6.07) is 1.36. The van der Waals surface area contributed by atoms with Gasteiger partial charge in [-0.25, -0.2) is 0 Å². The fourth-order valence-corrected chi connectivity index (χ4v) is 6.55. The second kappa shape index (κ2) is 13.1. The molecule has 7 heteroatoms. The van der Waals surface area contributed by atoms with Gasteiger partial charge in [-0.2, -0.15) is 0 Å². The van der Waals surface area contributed by atoms with Gasteiger partial charge in [-0.05, 0) is 91.1 Å². The maximum atomic E-state index is 4.64. The van der Waals surface area contributed by atoms with Crippen LogP contribution in [0.5, 0.6) is 0 Å². The van der Waals surface area contributed by atoms with E-state index in [1.54, 1.807) is 0 Å². The van der Waals surface area contributed by atoms with Gasteiger partial charge in [0.25, 0.3) is 0 Å². The number of rotatable bonds is 5. The first-order valence-electron chi connectivity index (χ1n) is 13.3. The van der Waals surface area contributed by atoms with E-state index in [0.717, 1.165) is 18.5 Å². The lowest BCUT2D eigenvalue weighted by Crippen LogP contribution is -2.62. The smallest absolute Gasteiger partial charge is 0.191 e. The minimum Gasteiger partial charge on any atom is -0.355 e. The molecule has 3 heterocycles. The highest BCUT2D eigenvalue weighted by Crippen LogP contribution is 2.31. The molecule has 4 rings (SSSR count). The average Bonchev–Trinajstić information content (AvgIpc) is 2.84. The van der Waals surface area contributed by atoms with Crippen molar-refractivity contribution >= 4 is 29.9 Å². The minimum atomic E-state index is 0. The quantitative estimate of drug-likeness (QED) is 0.306. The number of nitrogens with zero attached hydrogens (tertiary/aromatic N) is 4. The summed E-state index contributed by atoms with van der Waals surface area (Å²) in [6.07, 6.45) is 16.4. The highest BCUT2D eigenvalue weighted by Gasteiger charge is 2.39. The normalized spacial score (nSPS) is 29.3. The highest BCUT2D eigenvalue weighted by atomic mass is 127. The Morgan fingerprint density at radius 1 is 0.875 bits per heavy atom. The van der Waals surface area contributed by atoms with Crippen LogP contribution in [-0.4, -0.2) is 98.2 Å². The molecule has 4 aliphatic rings. The highest BCUT2D eigenvalue weighted by molar-refractivity contribution is 14.0. The van der Waals surface area contributed by atoms with E-state index in [1.807, 2.05) is 7.05 Å². The van der Waals surface area contributed by atoms with Crippen molar-refractivity contribution < 1.29 is 0 Å². The van der Waals surface area contributed by atoms with E-state index >= 15 is 0 Å². The minimum absolute atomic E-state index is 0. The van der Waals surface area contributed by atoms with Gasteiger partial charge in [-0.15, -0.1) is 24.0 Å². The lowest BCUT2D eigenvalue weighted by Gasteiger charge is -2.50. The Morgan fingerprint density at radius 3 is 2.25 bits per heavy atom. The molecule has 186 valence electrons. The van der Waals surface area contributed by atoms with E-state index in [0.29, 0.717) is 11.6 Å². The third kappa shape index (κ3) is 6.95. The maximum Gasteiger partial charge on any atom is 0.191 e. The third-order valence-electron chi connectivity index (χ3n) is 8.64. The molecule has 1 unspecified atom stereocenters. The Balaban J connectivity index is 0.00000289. The molecule has 0 radical (unpaired) electrons. The summed E-state index contributed by atoms with van der Waals surface area (Å²) in [6.45, 7) is 8.48. The summed E-state index contributed by atoms with van der Waals surface area (Å²) < 4.78 is 0. The number of halogens is 1. The van der Waals surface area contributed by atoms with Crippen LogP contribution in [-0.2, 0) is 0 Å². The molecule has 1 atom stereocenters. The number of nitrogens with one attached hydrogen (secondary N) is 2. The fourth-order valence-electron chi connectivity index (χ4n) is 6.55. The molecule has 0 aromatic heterocycles. The van der Waals surface area contributed by atoms with Crippen molar-refractivity contribution in [2.24, 2.45) is 4.99 Å². The van der Waals surface area contributed by atoms with Crippen LogP contribution >= 0.6 is 24.0 Å². The first-order chi connectivity index (χ1) is 15.2. The summed E-state index contributed by atoms with van der Waals surface area (Å²) >= 11 is 0. The molecule has 3 aliphatic heterocycles. The third-order valence-corrected chi connectivity index (χ3v) is 8.64. The molecule has 0 aromatic rings. The number of hydrogen-bond donors (Lipinski definition) is 2. The average molecular weight is 561 g/mol. The molecule has 2 N–H and O–H groups in total. The van der Waals surface area contributed by atoms with Gasteiger partial charge in [0, 0.05) is 37.8 Å². The molecule has 6 nitrogen and oxygen atoms in total.